The van der Waals surface area contributed by atoms with Crippen LogP contribution in [0.5, 0.6) is 0 Å². The zero-order chi connectivity index (χ0) is 16.5. The number of methoxy groups -OCH3 is 1. The molecule has 6 heteroatoms. The van der Waals surface area contributed by atoms with E-state index in [1.54, 1.807) is 30.3 Å². The number of rotatable bonds is 6. The van der Waals surface area contributed by atoms with Crippen molar-refractivity contribution < 1.29 is 9.53 Å². The van der Waals surface area contributed by atoms with Crippen LogP contribution in [0.15, 0.2) is 30.0 Å². The van der Waals surface area contributed by atoms with E-state index in [-0.39, 0.29) is 5.57 Å². The smallest absolute Gasteiger partial charge is 0.337 e. The molecule has 0 amide bonds. The van der Waals surface area contributed by atoms with Gasteiger partial charge in [-0.05, 0) is 32.0 Å². The van der Waals surface area contributed by atoms with Crippen LogP contribution in [-0.2, 0) is 4.74 Å². The summed E-state index contributed by atoms with van der Waals surface area (Å²) < 4.78 is 4.74. The van der Waals surface area contributed by atoms with Gasteiger partial charge in [0.15, 0.2) is 0 Å². The summed E-state index contributed by atoms with van der Waals surface area (Å²) in [6.45, 7) is 5.51. The fourth-order valence-corrected chi connectivity index (χ4v) is 1.96. The quantitative estimate of drug-likeness (QED) is 0.641. The van der Waals surface area contributed by atoms with E-state index in [1.807, 2.05) is 13.8 Å². The van der Waals surface area contributed by atoms with Gasteiger partial charge in [0.05, 0.1) is 24.0 Å². The van der Waals surface area contributed by atoms with Crippen LogP contribution in [0.4, 0.5) is 11.4 Å². The first kappa shape index (κ1) is 17.1. The SMILES string of the molecule is CCN(CC)c1cc(C(=O)OC)ccc1NC=C(C#N)C#N. The normalized spacial score (nSPS) is 9.14. The Bertz CT molecular complexity index is 633. The number of esters is 1. The Labute approximate surface area is 130 Å². The molecule has 0 fully saturated rings. The average Bonchev–Trinajstić information content (AvgIpc) is 2.57. The molecule has 0 aromatic heterocycles. The molecule has 0 aliphatic carbocycles. The second-order valence-electron chi connectivity index (χ2n) is 4.32. The fourth-order valence-electron chi connectivity index (χ4n) is 1.96. The molecule has 0 saturated carbocycles. The standard InChI is InChI=1S/C16H18N4O2/c1-4-20(5-2)15-8-13(16(21)22-3)6-7-14(15)19-11-12(9-17)10-18/h6-8,11,19H,4-5H2,1-3H3. The van der Waals surface area contributed by atoms with E-state index in [9.17, 15) is 4.79 Å². The van der Waals surface area contributed by atoms with Crippen molar-refractivity contribution in [3.63, 3.8) is 0 Å². The fraction of sp³-hybridized carbons (Fsp3) is 0.312. The molecule has 1 aromatic rings. The lowest BCUT2D eigenvalue weighted by Crippen LogP contribution is -2.23. The van der Waals surface area contributed by atoms with Gasteiger partial charge in [-0.1, -0.05) is 0 Å². The number of carbonyl (C=O) groups is 1. The van der Waals surface area contributed by atoms with E-state index in [4.69, 9.17) is 15.3 Å². The summed E-state index contributed by atoms with van der Waals surface area (Å²) in [5, 5.41) is 20.5. The van der Waals surface area contributed by atoms with Crippen molar-refractivity contribution in [2.75, 3.05) is 30.4 Å². The molecule has 114 valence electrons. The van der Waals surface area contributed by atoms with Crippen LogP contribution in [0.25, 0.3) is 0 Å². The predicted molar refractivity (Wildman–Crippen MR) is 84.3 cm³/mol. The number of nitrogens with one attached hydrogen (secondary N) is 1. The van der Waals surface area contributed by atoms with Gasteiger partial charge in [-0.3, -0.25) is 0 Å². The highest BCUT2D eigenvalue weighted by atomic mass is 16.5. The number of benzene rings is 1. The maximum absolute atomic E-state index is 11.7. The monoisotopic (exact) mass is 298 g/mol. The molecule has 0 aliphatic rings. The van der Waals surface area contributed by atoms with Crippen LogP contribution in [-0.4, -0.2) is 26.2 Å². The van der Waals surface area contributed by atoms with E-state index in [0.29, 0.717) is 11.3 Å². The van der Waals surface area contributed by atoms with Gasteiger partial charge >= 0.3 is 5.97 Å². The number of ether oxygens (including phenoxy) is 1. The molecule has 0 heterocycles. The topological polar surface area (TPSA) is 89.2 Å². The summed E-state index contributed by atoms with van der Waals surface area (Å²) in [6.07, 6.45) is 1.35. The van der Waals surface area contributed by atoms with Gasteiger partial charge in [-0.25, -0.2) is 4.79 Å². The van der Waals surface area contributed by atoms with E-state index in [0.717, 1.165) is 18.8 Å². The van der Waals surface area contributed by atoms with Crippen LogP contribution in [0.1, 0.15) is 24.2 Å². The number of hydrogen-bond donors (Lipinski definition) is 1. The van der Waals surface area contributed by atoms with Crippen molar-refractivity contribution in [1.29, 1.82) is 10.5 Å². The average molecular weight is 298 g/mol. The molecule has 0 aliphatic heterocycles. The van der Waals surface area contributed by atoms with Gasteiger partial charge in [-0.2, -0.15) is 10.5 Å². The van der Waals surface area contributed by atoms with E-state index in [2.05, 4.69) is 10.2 Å². The molecular formula is C16H18N4O2. The highest BCUT2D eigenvalue weighted by Gasteiger charge is 2.13. The molecule has 0 saturated heterocycles. The van der Waals surface area contributed by atoms with Gasteiger partial charge in [-0.15, -0.1) is 0 Å². The Morgan fingerprint density at radius 2 is 1.95 bits per heavy atom. The molecular weight excluding hydrogens is 280 g/mol. The van der Waals surface area contributed by atoms with E-state index in [1.165, 1.54) is 13.3 Å². The Hall–Kier alpha value is -2.99. The third kappa shape index (κ3) is 4.00. The molecule has 0 spiro atoms. The lowest BCUT2D eigenvalue weighted by Gasteiger charge is -2.24. The third-order valence-corrected chi connectivity index (χ3v) is 3.14. The first-order valence-electron chi connectivity index (χ1n) is 6.85. The second kappa shape index (κ2) is 8.33. The van der Waals surface area contributed by atoms with Crippen molar-refractivity contribution in [1.82, 2.24) is 0 Å². The second-order valence-corrected chi connectivity index (χ2v) is 4.32. The maximum Gasteiger partial charge on any atom is 0.337 e. The minimum atomic E-state index is -0.412. The summed E-state index contributed by atoms with van der Waals surface area (Å²) in [5.41, 5.74) is 1.93. The van der Waals surface area contributed by atoms with Crippen LogP contribution >= 0.6 is 0 Å². The number of nitriles is 2. The van der Waals surface area contributed by atoms with Gasteiger partial charge in [0, 0.05) is 19.3 Å². The van der Waals surface area contributed by atoms with E-state index >= 15 is 0 Å². The van der Waals surface area contributed by atoms with Gasteiger partial charge in [0.1, 0.15) is 17.7 Å². The summed E-state index contributed by atoms with van der Waals surface area (Å²) >= 11 is 0. The van der Waals surface area contributed by atoms with Crippen LogP contribution < -0.4 is 10.2 Å². The number of anilines is 2. The molecule has 1 rings (SSSR count). The molecule has 1 aromatic carbocycles. The minimum Gasteiger partial charge on any atom is -0.465 e. The molecule has 0 unspecified atom stereocenters. The molecule has 6 nitrogen and oxygen atoms in total. The minimum absolute atomic E-state index is 0.0254. The summed E-state index contributed by atoms with van der Waals surface area (Å²) in [4.78, 5) is 13.7. The third-order valence-electron chi connectivity index (χ3n) is 3.14. The first-order chi connectivity index (χ1) is 10.6. The molecule has 1 N–H and O–H groups in total. The zero-order valence-corrected chi connectivity index (χ0v) is 12.9. The Balaban J connectivity index is 3.27. The largest absolute Gasteiger partial charge is 0.465 e. The lowest BCUT2D eigenvalue weighted by atomic mass is 10.1. The molecule has 0 radical (unpaired) electrons. The highest BCUT2D eigenvalue weighted by molar-refractivity contribution is 5.92. The molecule has 22 heavy (non-hydrogen) atoms. The van der Waals surface area contributed by atoms with Crippen molar-refractivity contribution in [2.45, 2.75) is 13.8 Å². The molecule has 0 bridgehead atoms. The van der Waals surface area contributed by atoms with Crippen molar-refractivity contribution in [2.24, 2.45) is 0 Å². The van der Waals surface area contributed by atoms with Crippen molar-refractivity contribution in [3.05, 3.63) is 35.5 Å². The number of hydrogen-bond acceptors (Lipinski definition) is 6. The van der Waals surface area contributed by atoms with Crippen molar-refractivity contribution in [3.8, 4) is 12.1 Å². The van der Waals surface area contributed by atoms with E-state index < -0.39 is 5.97 Å². The van der Waals surface area contributed by atoms with Crippen LogP contribution in [0, 0.1) is 22.7 Å². The highest BCUT2D eigenvalue weighted by Crippen LogP contribution is 2.28. The Morgan fingerprint density at radius 3 is 2.45 bits per heavy atom. The Morgan fingerprint density at radius 1 is 1.32 bits per heavy atom. The number of carbonyl (C=O) groups excluding carboxylic acids is 1. The summed E-state index contributed by atoms with van der Waals surface area (Å²) in [5.74, 6) is -0.412. The summed E-state index contributed by atoms with van der Waals surface area (Å²) in [7, 11) is 1.33. The number of allylic oxidation sites excluding steroid dienone is 1. The van der Waals surface area contributed by atoms with Crippen LogP contribution in [0.2, 0.25) is 0 Å². The van der Waals surface area contributed by atoms with Crippen LogP contribution in [0.3, 0.4) is 0 Å². The summed E-state index contributed by atoms with van der Waals surface area (Å²) in [6, 6.07) is 8.66. The van der Waals surface area contributed by atoms with Gasteiger partial charge in [0.25, 0.3) is 0 Å². The lowest BCUT2D eigenvalue weighted by molar-refractivity contribution is 0.0601. The van der Waals surface area contributed by atoms with Crippen molar-refractivity contribution >= 4 is 17.3 Å². The number of nitrogens with zero attached hydrogens (tertiary/aromatic N) is 3. The zero-order valence-electron chi connectivity index (χ0n) is 12.9. The molecule has 0 atom stereocenters. The maximum atomic E-state index is 11.7. The predicted octanol–water partition coefficient (Wildman–Crippen LogP) is 2.66. The Kier molecular flexibility index (Phi) is 6.46. The first-order valence-corrected chi connectivity index (χ1v) is 6.85. The van der Waals surface area contributed by atoms with Gasteiger partial charge in [0.2, 0.25) is 0 Å². The van der Waals surface area contributed by atoms with Gasteiger partial charge < -0.3 is 15.0 Å².